The van der Waals surface area contributed by atoms with Crippen molar-refractivity contribution in [1.82, 2.24) is 9.88 Å². The summed E-state index contributed by atoms with van der Waals surface area (Å²) >= 11 is 7.30. The Labute approximate surface area is 126 Å². The van der Waals surface area contributed by atoms with Crippen LogP contribution in [0.15, 0.2) is 27.8 Å². The molecule has 104 valence electrons. The van der Waals surface area contributed by atoms with Crippen molar-refractivity contribution < 1.29 is 9.21 Å². The van der Waals surface area contributed by atoms with Crippen LogP contribution in [0.1, 0.15) is 6.42 Å². The van der Waals surface area contributed by atoms with Crippen molar-refractivity contribution in [1.29, 1.82) is 0 Å². The lowest BCUT2D eigenvalue weighted by Gasteiger charge is -2.08. The molecule has 0 aliphatic heterocycles. The Balaban J connectivity index is 0.00000180. The number of carbonyl (C=O) groups is 1. The second kappa shape index (κ2) is 7.03. The van der Waals surface area contributed by atoms with Crippen LogP contribution >= 0.6 is 35.8 Å². The van der Waals surface area contributed by atoms with Gasteiger partial charge in [0.2, 0.25) is 5.91 Å². The molecule has 0 N–H and O–H groups in total. The number of hydrogen-bond donors (Lipinski definition) is 0. The second-order valence-corrected chi connectivity index (χ2v) is 5.46. The minimum atomic E-state index is 0. The molecule has 0 fully saturated rings. The lowest BCUT2D eigenvalue weighted by molar-refractivity contribution is -0.128. The first-order chi connectivity index (χ1) is 8.56. The van der Waals surface area contributed by atoms with Crippen LogP contribution in [-0.2, 0) is 4.79 Å². The summed E-state index contributed by atoms with van der Waals surface area (Å²) in [6, 6.07) is 5.31. The maximum atomic E-state index is 11.4. The lowest BCUT2D eigenvalue weighted by atomic mass is 10.3. The van der Waals surface area contributed by atoms with E-state index in [1.54, 1.807) is 37.2 Å². The number of nitrogens with zero attached hydrogens (tertiary/aromatic N) is 2. The van der Waals surface area contributed by atoms with E-state index in [4.69, 9.17) is 16.0 Å². The van der Waals surface area contributed by atoms with E-state index in [9.17, 15) is 4.79 Å². The predicted octanol–water partition coefficient (Wildman–Crippen LogP) is 3.47. The van der Waals surface area contributed by atoms with E-state index in [1.807, 2.05) is 0 Å². The summed E-state index contributed by atoms with van der Waals surface area (Å²) in [5.74, 6) is 0.749. The molecule has 2 rings (SSSR count). The summed E-state index contributed by atoms with van der Waals surface area (Å²) in [6.07, 6.45) is 0.469. The predicted molar refractivity (Wildman–Crippen MR) is 80.3 cm³/mol. The van der Waals surface area contributed by atoms with E-state index < -0.39 is 0 Å². The molecule has 0 saturated carbocycles. The molecule has 0 aliphatic carbocycles. The van der Waals surface area contributed by atoms with E-state index in [0.717, 1.165) is 5.52 Å². The topological polar surface area (TPSA) is 46.3 Å². The molecule has 0 saturated heterocycles. The van der Waals surface area contributed by atoms with Gasteiger partial charge in [-0.15, -0.1) is 12.4 Å². The van der Waals surface area contributed by atoms with E-state index in [2.05, 4.69) is 4.98 Å². The summed E-state index contributed by atoms with van der Waals surface area (Å²) in [7, 11) is 3.49. The molecule has 0 unspecified atom stereocenters. The van der Waals surface area contributed by atoms with Crippen LogP contribution in [0.4, 0.5) is 0 Å². The Kier molecular flexibility index (Phi) is 5.97. The Bertz CT molecular complexity index is 572. The van der Waals surface area contributed by atoms with Gasteiger partial charge in [-0.2, -0.15) is 0 Å². The zero-order valence-corrected chi connectivity index (χ0v) is 12.9. The summed E-state index contributed by atoms with van der Waals surface area (Å²) in [5, 5.41) is 1.20. The number of thioether (sulfide) groups is 1. The van der Waals surface area contributed by atoms with Crippen molar-refractivity contribution >= 4 is 52.8 Å². The van der Waals surface area contributed by atoms with Gasteiger partial charge in [0.1, 0.15) is 5.52 Å². The third kappa shape index (κ3) is 4.30. The number of fused-ring (bicyclic) bond motifs is 1. The zero-order valence-electron chi connectivity index (χ0n) is 10.6. The minimum absolute atomic E-state index is 0. The number of halogens is 2. The van der Waals surface area contributed by atoms with Crippen molar-refractivity contribution in [2.24, 2.45) is 0 Å². The van der Waals surface area contributed by atoms with Gasteiger partial charge in [0.15, 0.2) is 5.58 Å². The van der Waals surface area contributed by atoms with Crippen LogP contribution in [0.2, 0.25) is 5.02 Å². The first-order valence-electron chi connectivity index (χ1n) is 5.45. The fourth-order valence-electron chi connectivity index (χ4n) is 1.39. The fraction of sp³-hybridized carbons (Fsp3) is 0.333. The zero-order chi connectivity index (χ0) is 13.1. The third-order valence-electron chi connectivity index (χ3n) is 2.37. The molecule has 1 aromatic heterocycles. The molecule has 0 bridgehead atoms. The van der Waals surface area contributed by atoms with Gasteiger partial charge in [0.05, 0.1) is 0 Å². The molecule has 1 amide bonds. The molecule has 19 heavy (non-hydrogen) atoms. The van der Waals surface area contributed by atoms with Gasteiger partial charge in [0, 0.05) is 31.3 Å². The lowest BCUT2D eigenvalue weighted by Crippen LogP contribution is -2.21. The van der Waals surface area contributed by atoms with E-state index in [1.165, 1.54) is 11.8 Å². The normalized spacial score (nSPS) is 10.3. The summed E-state index contributed by atoms with van der Waals surface area (Å²) in [6.45, 7) is 0. The fourth-order valence-corrected chi connectivity index (χ4v) is 2.32. The largest absolute Gasteiger partial charge is 0.431 e. The summed E-state index contributed by atoms with van der Waals surface area (Å²) in [5.41, 5.74) is 1.45. The van der Waals surface area contributed by atoms with Gasteiger partial charge >= 0.3 is 0 Å². The van der Waals surface area contributed by atoms with Gasteiger partial charge in [-0.25, -0.2) is 4.98 Å². The monoisotopic (exact) mass is 320 g/mol. The number of oxazole rings is 1. The molecular formula is C12H14Cl2N2O2S. The first-order valence-corrected chi connectivity index (χ1v) is 6.81. The first kappa shape index (κ1) is 16.1. The van der Waals surface area contributed by atoms with Crippen molar-refractivity contribution in [2.75, 3.05) is 19.8 Å². The molecule has 1 heterocycles. The molecule has 2 aromatic rings. The maximum absolute atomic E-state index is 11.4. The van der Waals surface area contributed by atoms with E-state index in [0.29, 0.717) is 28.0 Å². The Morgan fingerprint density at radius 2 is 2.21 bits per heavy atom. The van der Waals surface area contributed by atoms with Crippen LogP contribution < -0.4 is 0 Å². The van der Waals surface area contributed by atoms with Crippen molar-refractivity contribution in [3.05, 3.63) is 23.2 Å². The summed E-state index contributed by atoms with van der Waals surface area (Å²) < 4.78 is 5.53. The summed E-state index contributed by atoms with van der Waals surface area (Å²) in [4.78, 5) is 17.3. The van der Waals surface area contributed by atoms with Crippen LogP contribution in [0.3, 0.4) is 0 Å². The molecule has 4 nitrogen and oxygen atoms in total. The van der Waals surface area contributed by atoms with Gasteiger partial charge in [-0.3, -0.25) is 4.79 Å². The number of hydrogen-bond acceptors (Lipinski definition) is 4. The maximum Gasteiger partial charge on any atom is 0.256 e. The highest BCUT2D eigenvalue weighted by molar-refractivity contribution is 7.99. The minimum Gasteiger partial charge on any atom is -0.431 e. The number of amides is 1. The Hall–Kier alpha value is -0.910. The highest BCUT2D eigenvalue weighted by Gasteiger charge is 2.09. The van der Waals surface area contributed by atoms with Crippen molar-refractivity contribution in [2.45, 2.75) is 11.6 Å². The quantitative estimate of drug-likeness (QED) is 0.809. The highest BCUT2D eigenvalue weighted by Crippen LogP contribution is 2.25. The molecule has 1 aromatic carbocycles. The van der Waals surface area contributed by atoms with E-state index >= 15 is 0 Å². The van der Waals surface area contributed by atoms with Gasteiger partial charge in [-0.05, 0) is 18.2 Å². The standard InChI is InChI=1S/C12H13ClN2O2S.ClH/c1-15(2)11(16)5-6-18-12-14-9-7-8(13)3-4-10(9)17-12;/h3-4,7H,5-6H2,1-2H3;1H. The Morgan fingerprint density at radius 3 is 2.89 bits per heavy atom. The molecule has 0 radical (unpaired) electrons. The van der Waals surface area contributed by atoms with Gasteiger partial charge in [-0.1, -0.05) is 23.4 Å². The SMILES string of the molecule is CN(C)C(=O)CCSc1nc2cc(Cl)ccc2o1.Cl. The van der Waals surface area contributed by atoms with Gasteiger partial charge in [0.25, 0.3) is 5.22 Å². The van der Waals surface area contributed by atoms with E-state index in [-0.39, 0.29) is 18.3 Å². The highest BCUT2D eigenvalue weighted by atomic mass is 35.5. The average Bonchev–Trinajstić information content (AvgIpc) is 2.70. The molecule has 0 spiro atoms. The molecule has 0 atom stereocenters. The second-order valence-electron chi connectivity index (χ2n) is 3.98. The number of rotatable bonds is 4. The van der Waals surface area contributed by atoms with Crippen LogP contribution in [0.25, 0.3) is 11.1 Å². The molecular weight excluding hydrogens is 307 g/mol. The average molecular weight is 321 g/mol. The van der Waals surface area contributed by atoms with Crippen LogP contribution in [0.5, 0.6) is 0 Å². The third-order valence-corrected chi connectivity index (χ3v) is 3.44. The molecule has 7 heteroatoms. The number of benzene rings is 1. The van der Waals surface area contributed by atoms with Crippen LogP contribution in [0, 0.1) is 0 Å². The Morgan fingerprint density at radius 1 is 1.47 bits per heavy atom. The molecule has 0 aliphatic rings. The van der Waals surface area contributed by atoms with Gasteiger partial charge < -0.3 is 9.32 Å². The van der Waals surface area contributed by atoms with Crippen molar-refractivity contribution in [3.8, 4) is 0 Å². The van der Waals surface area contributed by atoms with Crippen molar-refractivity contribution in [3.63, 3.8) is 0 Å². The van der Waals surface area contributed by atoms with Crippen LogP contribution in [-0.4, -0.2) is 35.6 Å². The smallest absolute Gasteiger partial charge is 0.256 e. The number of aromatic nitrogens is 1. The number of carbonyl (C=O) groups excluding carboxylic acids is 1.